The Bertz CT molecular complexity index is 390. The lowest BCUT2D eigenvalue weighted by atomic mass is 10.1. The van der Waals surface area contributed by atoms with E-state index in [1.807, 2.05) is 31.6 Å². The number of hydrogen-bond acceptors (Lipinski definition) is 4. The van der Waals surface area contributed by atoms with E-state index in [1.165, 1.54) is 11.8 Å². The molecule has 0 aliphatic carbocycles. The van der Waals surface area contributed by atoms with Gasteiger partial charge in [0.15, 0.2) is 0 Å². The lowest BCUT2D eigenvalue weighted by Crippen LogP contribution is -2.46. The van der Waals surface area contributed by atoms with Gasteiger partial charge in [-0.1, -0.05) is 0 Å². The lowest BCUT2D eigenvalue weighted by Gasteiger charge is -2.27. The van der Waals surface area contributed by atoms with E-state index in [9.17, 15) is 4.79 Å². The molecule has 0 bridgehead atoms. The number of hydrogen-bond donors (Lipinski definition) is 2. The zero-order valence-electron chi connectivity index (χ0n) is 10.4. The van der Waals surface area contributed by atoms with E-state index in [0.717, 1.165) is 12.1 Å². The molecule has 0 aromatic carbocycles. The molecule has 0 aliphatic heterocycles. The van der Waals surface area contributed by atoms with Crippen LogP contribution in [-0.4, -0.2) is 31.6 Å². The van der Waals surface area contributed by atoms with Gasteiger partial charge in [0.2, 0.25) is 0 Å². The summed E-state index contributed by atoms with van der Waals surface area (Å²) in [6, 6.07) is -0.867. The summed E-state index contributed by atoms with van der Waals surface area (Å²) in [4.78, 5) is 10.9. The molecular formula is C11H19N3O2S. The third-order valence-corrected chi connectivity index (χ3v) is 4.11. The van der Waals surface area contributed by atoms with Crippen molar-refractivity contribution >= 4 is 17.7 Å². The van der Waals surface area contributed by atoms with Gasteiger partial charge >= 0.3 is 5.97 Å². The van der Waals surface area contributed by atoms with E-state index < -0.39 is 16.8 Å². The molecule has 0 spiro atoms. The van der Waals surface area contributed by atoms with Crippen LogP contribution in [0.2, 0.25) is 0 Å². The number of carbonyl (C=O) groups is 1. The Balaban J connectivity index is 2.57. The third kappa shape index (κ3) is 3.74. The Labute approximate surface area is 105 Å². The first kappa shape index (κ1) is 14.1. The number of carboxylic acid groups (broad SMARTS) is 1. The monoisotopic (exact) mass is 257 g/mol. The summed E-state index contributed by atoms with van der Waals surface area (Å²) >= 11 is 1.53. The van der Waals surface area contributed by atoms with E-state index in [4.69, 9.17) is 10.8 Å². The van der Waals surface area contributed by atoms with E-state index in [2.05, 4.69) is 5.10 Å². The Morgan fingerprint density at radius 1 is 1.71 bits per heavy atom. The SMILES string of the molecule is CCn1cc(CSC(C)(C)[C@@H](N)C(=O)O)cn1. The first-order chi connectivity index (χ1) is 7.86. The van der Waals surface area contributed by atoms with Crippen molar-refractivity contribution in [3.05, 3.63) is 18.0 Å². The molecule has 5 nitrogen and oxygen atoms in total. The summed E-state index contributed by atoms with van der Waals surface area (Å²) in [5.74, 6) is -0.250. The van der Waals surface area contributed by atoms with Gasteiger partial charge in [0.25, 0.3) is 0 Å². The minimum absolute atomic E-state index is 0.500. The molecule has 0 aliphatic rings. The Morgan fingerprint density at radius 3 is 2.82 bits per heavy atom. The van der Waals surface area contributed by atoms with E-state index in [0.29, 0.717) is 5.75 Å². The molecule has 0 unspecified atom stereocenters. The van der Waals surface area contributed by atoms with Crippen molar-refractivity contribution in [1.82, 2.24) is 9.78 Å². The van der Waals surface area contributed by atoms with Crippen LogP contribution in [0.15, 0.2) is 12.4 Å². The Kier molecular flexibility index (Phi) is 4.59. The molecule has 3 N–H and O–H groups in total. The van der Waals surface area contributed by atoms with Crippen LogP contribution in [0.25, 0.3) is 0 Å². The second-order valence-corrected chi connectivity index (χ2v) is 6.04. The van der Waals surface area contributed by atoms with E-state index in [1.54, 1.807) is 6.20 Å². The van der Waals surface area contributed by atoms with Gasteiger partial charge in [-0.3, -0.25) is 9.48 Å². The zero-order valence-corrected chi connectivity index (χ0v) is 11.2. The Hall–Kier alpha value is -1.01. The van der Waals surface area contributed by atoms with Crippen molar-refractivity contribution in [2.45, 2.75) is 43.9 Å². The highest BCUT2D eigenvalue weighted by molar-refractivity contribution is 7.99. The van der Waals surface area contributed by atoms with Crippen molar-refractivity contribution < 1.29 is 9.90 Å². The predicted octanol–water partition coefficient (Wildman–Crippen LogP) is 1.33. The van der Waals surface area contributed by atoms with Crippen LogP contribution >= 0.6 is 11.8 Å². The van der Waals surface area contributed by atoms with Crippen LogP contribution < -0.4 is 5.73 Å². The van der Waals surface area contributed by atoms with Gasteiger partial charge < -0.3 is 10.8 Å². The first-order valence-corrected chi connectivity index (χ1v) is 6.49. The van der Waals surface area contributed by atoms with Gasteiger partial charge in [0.1, 0.15) is 6.04 Å². The van der Waals surface area contributed by atoms with Crippen molar-refractivity contribution in [2.75, 3.05) is 0 Å². The molecular weight excluding hydrogens is 238 g/mol. The number of carboxylic acids is 1. The fourth-order valence-corrected chi connectivity index (χ4v) is 2.28. The fraction of sp³-hybridized carbons (Fsp3) is 0.636. The average Bonchev–Trinajstić information content (AvgIpc) is 2.73. The van der Waals surface area contributed by atoms with E-state index >= 15 is 0 Å². The third-order valence-electron chi connectivity index (χ3n) is 2.64. The molecule has 1 heterocycles. The van der Waals surface area contributed by atoms with Crippen LogP contribution in [0.5, 0.6) is 0 Å². The van der Waals surface area contributed by atoms with Crippen LogP contribution in [0.4, 0.5) is 0 Å². The van der Waals surface area contributed by atoms with Crippen molar-refractivity contribution in [2.24, 2.45) is 5.73 Å². The quantitative estimate of drug-likeness (QED) is 0.803. The summed E-state index contributed by atoms with van der Waals surface area (Å²) < 4.78 is 1.35. The van der Waals surface area contributed by atoms with Crippen LogP contribution in [-0.2, 0) is 17.1 Å². The number of nitrogens with zero attached hydrogens (tertiary/aromatic N) is 2. The summed E-state index contributed by atoms with van der Waals surface area (Å²) in [7, 11) is 0. The molecule has 0 radical (unpaired) electrons. The molecule has 6 heteroatoms. The summed E-state index contributed by atoms with van der Waals surface area (Å²) in [5.41, 5.74) is 6.73. The minimum Gasteiger partial charge on any atom is -0.480 e. The molecule has 0 saturated carbocycles. The average molecular weight is 257 g/mol. The molecule has 1 aromatic heterocycles. The summed E-state index contributed by atoms with van der Waals surface area (Å²) in [6.07, 6.45) is 3.77. The summed E-state index contributed by atoms with van der Waals surface area (Å²) in [5, 5.41) is 13.1. The number of aliphatic carboxylic acids is 1. The van der Waals surface area contributed by atoms with Crippen molar-refractivity contribution in [3.8, 4) is 0 Å². The van der Waals surface area contributed by atoms with Gasteiger partial charge in [-0.25, -0.2) is 0 Å². The maximum atomic E-state index is 10.9. The van der Waals surface area contributed by atoms with Gasteiger partial charge in [-0.05, 0) is 26.3 Å². The largest absolute Gasteiger partial charge is 0.480 e. The maximum Gasteiger partial charge on any atom is 0.321 e. The van der Waals surface area contributed by atoms with E-state index in [-0.39, 0.29) is 0 Å². The lowest BCUT2D eigenvalue weighted by molar-refractivity contribution is -0.139. The van der Waals surface area contributed by atoms with Gasteiger partial charge in [-0.2, -0.15) is 5.10 Å². The summed E-state index contributed by atoms with van der Waals surface area (Å²) in [6.45, 7) is 6.55. The van der Waals surface area contributed by atoms with Gasteiger partial charge in [0, 0.05) is 23.2 Å². The second kappa shape index (κ2) is 5.55. The number of thioether (sulfide) groups is 1. The highest BCUT2D eigenvalue weighted by Gasteiger charge is 2.32. The number of aromatic nitrogens is 2. The maximum absolute atomic E-state index is 10.9. The number of rotatable bonds is 6. The molecule has 0 saturated heterocycles. The second-order valence-electron chi connectivity index (χ2n) is 4.41. The van der Waals surface area contributed by atoms with Gasteiger partial charge in [-0.15, -0.1) is 11.8 Å². The molecule has 17 heavy (non-hydrogen) atoms. The normalized spacial score (nSPS) is 13.6. The van der Waals surface area contributed by atoms with Crippen molar-refractivity contribution in [3.63, 3.8) is 0 Å². The number of nitrogens with two attached hydrogens (primary N) is 1. The Morgan fingerprint density at radius 2 is 2.35 bits per heavy atom. The van der Waals surface area contributed by atoms with Crippen LogP contribution in [0.1, 0.15) is 26.3 Å². The van der Waals surface area contributed by atoms with Crippen LogP contribution in [0.3, 0.4) is 0 Å². The first-order valence-electron chi connectivity index (χ1n) is 5.50. The van der Waals surface area contributed by atoms with Crippen LogP contribution in [0, 0.1) is 0 Å². The van der Waals surface area contributed by atoms with Gasteiger partial charge in [0.05, 0.1) is 6.20 Å². The molecule has 96 valence electrons. The van der Waals surface area contributed by atoms with Crippen molar-refractivity contribution in [1.29, 1.82) is 0 Å². The molecule has 1 atom stereocenters. The molecule has 0 fully saturated rings. The fourth-order valence-electron chi connectivity index (χ4n) is 1.31. The zero-order chi connectivity index (χ0) is 13.1. The molecule has 1 rings (SSSR count). The predicted molar refractivity (Wildman–Crippen MR) is 68.9 cm³/mol. The standard InChI is InChI=1S/C11H19N3O2S/c1-4-14-6-8(5-13-14)7-17-11(2,3)9(12)10(15)16/h5-6,9H,4,7,12H2,1-3H3,(H,15,16)/t9-/m0/s1. The highest BCUT2D eigenvalue weighted by Crippen LogP contribution is 2.30. The minimum atomic E-state index is -0.966. The molecule has 0 amide bonds. The number of aryl methyl sites for hydroxylation is 1. The topological polar surface area (TPSA) is 81.1 Å². The smallest absolute Gasteiger partial charge is 0.321 e. The highest BCUT2D eigenvalue weighted by atomic mass is 32.2. The molecule has 1 aromatic rings.